The van der Waals surface area contributed by atoms with Crippen molar-refractivity contribution in [1.29, 1.82) is 0 Å². The molecule has 0 fully saturated rings. The molecule has 2 aliphatic carbocycles. The van der Waals surface area contributed by atoms with Gasteiger partial charge in [0.15, 0.2) is 5.71 Å². The summed E-state index contributed by atoms with van der Waals surface area (Å²) in [4.78, 5) is 36.5. The molecule has 0 aromatic heterocycles. The molecule has 0 heterocycles. The molecule has 4 rings (SSSR count). The zero-order valence-corrected chi connectivity index (χ0v) is 14.5. The summed E-state index contributed by atoms with van der Waals surface area (Å²) in [6.45, 7) is 0. The van der Waals surface area contributed by atoms with Crippen molar-refractivity contribution < 1.29 is 14.8 Å². The minimum atomic E-state index is -1.18. The smallest absolute Gasteiger partial charge is 0.258 e. The van der Waals surface area contributed by atoms with Crippen LogP contribution in [0.25, 0.3) is 11.6 Å². The van der Waals surface area contributed by atoms with Crippen molar-refractivity contribution in [2.45, 2.75) is 0 Å². The van der Waals surface area contributed by atoms with Crippen LogP contribution >= 0.6 is 0 Å². The second kappa shape index (κ2) is 6.60. The van der Waals surface area contributed by atoms with E-state index < -0.39 is 31.9 Å². The van der Waals surface area contributed by atoms with Crippen molar-refractivity contribution in [1.82, 2.24) is 0 Å². The van der Waals surface area contributed by atoms with E-state index in [1.807, 2.05) is 0 Å². The Kier molecular flexibility index (Phi) is 4.08. The number of rotatable bonds is 4. The molecule has 142 valence electrons. The van der Waals surface area contributed by atoms with Crippen LogP contribution in [0.3, 0.4) is 0 Å². The van der Waals surface area contributed by atoms with E-state index in [9.17, 15) is 30.3 Å². The van der Waals surface area contributed by atoms with Gasteiger partial charge in [0.2, 0.25) is 0 Å². The summed E-state index contributed by atoms with van der Waals surface area (Å²) in [5.74, 6) is 0. The van der Waals surface area contributed by atoms with Gasteiger partial charge in [0, 0.05) is 5.57 Å². The Bertz CT molecular complexity index is 1220. The van der Waals surface area contributed by atoms with Gasteiger partial charge < -0.3 is 0 Å². The highest BCUT2D eigenvalue weighted by molar-refractivity contribution is 6.28. The molecule has 2 aromatic carbocycles. The zero-order chi connectivity index (χ0) is 20.7. The molecule has 2 aromatic rings. The van der Waals surface area contributed by atoms with E-state index in [0.717, 1.165) is 0 Å². The lowest BCUT2D eigenvalue weighted by atomic mass is 9.89. The Morgan fingerprint density at radius 2 is 1.28 bits per heavy atom. The third-order valence-electron chi connectivity index (χ3n) is 4.51. The number of fused-ring (bicyclic) bond motifs is 3. The molecule has 0 saturated heterocycles. The first kappa shape index (κ1) is 17.9. The van der Waals surface area contributed by atoms with Gasteiger partial charge in [-0.15, -0.1) is 0 Å². The Morgan fingerprint density at radius 1 is 0.690 bits per heavy atom. The maximum absolute atomic E-state index is 11.8. The summed E-state index contributed by atoms with van der Waals surface area (Å²) in [5, 5.41) is 35.3. The van der Waals surface area contributed by atoms with Gasteiger partial charge in [-0.25, -0.2) is 4.99 Å². The number of hydrogen-bond donors (Lipinski definition) is 0. The van der Waals surface area contributed by atoms with E-state index in [1.165, 1.54) is 6.08 Å². The van der Waals surface area contributed by atoms with Gasteiger partial charge in [-0.3, -0.25) is 30.3 Å². The van der Waals surface area contributed by atoms with Gasteiger partial charge in [0.05, 0.1) is 26.0 Å². The van der Waals surface area contributed by atoms with Crippen LogP contribution in [0.5, 0.6) is 0 Å². The highest BCUT2D eigenvalue weighted by Crippen LogP contribution is 2.46. The van der Waals surface area contributed by atoms with E-state index in [2.05, 4.69) is 4.99 Å². The average Bonchev–Trinajstić information content (AvgIpc) is 3.07. The second-order valence-corrected chi connectivity index (χ2v) is 6.13. The summed E-state index contributed by atoms with van der Waals surface area (Å²) >= 11 is 0. The Labute approximate surface area is 162 Å². The number of benzene rings is 2. The highest BCUT2D eigenvalue weighted by Gasteiger charge is 2.53. The Morgan fingerprint density at radius 3 is 1.90 bits per heavy atom. The molecule has 10 nitrogen and oxygen atoms in total. The predicted molar refractivity (Wildman–Crippen MR) is 103 cm³/mol. The Hall–Kier alpha value is -4.47. The van der Waals surface area contributed by atoms with Gasteiger partial charge in [0.1, 0.15) is 0 Å². The van der Waals surface area contributed by atoms with E-state index in [4.69, 9.17) is 0 Å². The van der Waals surface area contributed by atoms with Crippen molar-refractivity contribution in [3.63, 3.8) is 0 Å². The fraction of sp³-hybridized carbons (Fsp3) is 0. The summed E-state index contributed by atoms with van der Waals surface area (Å²) in [7, 11) is 0. The van der Waals surface area contributed by atoms with Crippen LogP contribution in [0.15, 0.2) is 82.3 Å². The first-order chi connectivity index (χ1) is 13.9. The standard InChI is InChI=1S/C19H10N4O6/c24-21(25)17-15-13-9-5-4-6-11(13)10-14(15)16(20-12-7-2-1-3-8-12)18(22(26)27)19(17)23(28)29/h1-10H. The minimum Gasteiger partial charge on any atom is -0.258 e. The van der Waals surface area contributed by atoms with E-state index in [0.29, 0.717) is 16.8 Å². The number of aliphatic imine (C=N–C) groups is 1. The van der Waals surface area contributed by atoms with Gasteiger partial charge in [-0.2, -0.15) is 0 Å². The van der Waals surface area contributed by atoms with Gasteiger partial charge >= 0.3 is 17.1 Å². The molecular weight excluding hydrogens is 380 g/mol. The van der Waals surface area contributed by atoms with E-state index >= 15 is 0 Å². The normalized spacial score (nSPS) is 16.4. The van der Waals surface area contributed by atoms with Gasteiger partial charge in [-0.05, 0) is 29.3 Å². The molecule has 0 atom stereocenters. The fourth-order valence-corrected chi connectivity index (χ4v) is 3.40. The number of nitro groups is 3. The predicted octanol–water partition coefficient (Wildman–Crippen LogP) is 3.62. The molecule has 2 aliphatic rings. The largest absolute Gasteiger partial charge is 0.425 e. The number of para-hydroxylation sites is 1. The van der Waals surface area contributed by atoms with Crippen LogP contribution in [0.1, 0.15) is 11.1 Å². The molecule has 0 N–H and O–H groups in total. The third-order valence-corrected chi connectivity index (χ3v) is 4.51. The Balaban J connectivity index is 2.14. The van der Waals surface area contributed by atoms with Crippen LogP contribution in [0, 0.1) is 30.3 Å². The van der Waals surface area contributed by atoms with Crippen molar-refractivity contribution in [3.8, 4) is 0 Å². The minimum absolute atomic E-state index is 0.0439. The fourth-order valence-electron chi connectivity index (χ4n) is 3.40. The van der Waals surface area contributed by atoms with Crippen molar-refractivity contribution in [2.75, 3.05) is 0 Å². The second-order valence-electron chi connectivity index (χ2n) is 6.13. The molecule has 0 radical (unpaired) electrons. The van der Waals surface area contributed by atoms with Crippen LogP contribution < -0.4 is 0 Å². The lowest BCUT2D eigenvalue weighted by Gasteiger charge is -2.14. The van der Waals surface area contributed by atoms with Crippen LogP contribution in [-0.2, 0) is 0 Å². The first-order valence-electron chi connectivity index (χ1n) is 8.28. The van der Waals surface area contributed by atoms with Crippen LogP contribution in [0.2, 0.25) is 0 Å². The summed E-state index contributed by atoms with van der Waals surface area (Å²) in [5.41, 5.74) is -2.05. The maximum atomic E-state index is 11.8. The number of allylic oxidation sites excluding steroid dienone is 2. The van der Waals surface area contributed by atoms with Gasteiger partial charge in [-0.1, -0.05) is 42.5 Å². The molecule has 29 heavy (non-hydrogen) atoms. The number of nitrogens with zero attached hydrogens (tertiary/aromatic N) is 4. The molecule has 0 saturated carbocycles. The monoisotopic (exact) mass is 390 g/mol. The SMILES string of the molecule is O=[N+]([O-])C1=C2C(=Cc3ccccc32)C(=Nc2ccccc2)C([N+](=O)[O-])=C1[N+](=O)[O-]. The topological polar surface area (TPSA) is 142 Å². The highest BCUT2D eigenvalue weighted by atomic mass is 16.6. The quantitative estimate of drug-likeness (QED) is 0.576. The summed E-state index contributed by atoms with van der Waals surface area (Å²) in [6, 6.07) is 14.8. The average molecular weight is 390 g/mol. The molecule has 0 bridgehead atoms. The molecular formula is C19H10N4O6. The molecule has 0 aliphatic heterocycles. The van der Waals surface area contributed by atoms with Crippen molar-refractivity contribution in [3.05, 3.63) is 119 Å². The first-order valence-corrected chi connectivity index (χ1v) is 8.28. The van der Waals surface area contributed by atoms with Crippen LogP contribution in [-0.4, -0.2) is 20.5 Å². The van der Waals surface area contributed by atoms with Crippen molar-refractivity contribution in [2.24, 2.45) is 4.99 Å². The number of hydrogen-bond acceptors (Lipinski definition) is 7. The molecule has 10 heteroatoms. The van der Waals surface area contributed by atoms with Crippen LogP contribution in [0.4, 0.5) is 5.69 Å². The molecule has 0 spiro atoms. The maximum Gasteiger partial charge on any atom is 0.425 e. The summed E-state index contributed by atoms with van der Waals surface area (Å²) < 4.78 is 0. The van der Waals surface area contributed by atoms with E-state index in [1.54, 1.807) is 54.6 Å². The molecule has 0 unspecified atom stereocenters. The third kappa shape index (κ3) is 2.79. The zero-order valence-electron chi connectivity index (χ0n) is 14.5. The van der Waals surface area contributed by atoms with Gasteiger partial charge in [0.25, 0.3) is 0 Å². The summed E-state index contributed by atoms with van der Waals surface area (Å²) in [6.07, 6.45) is 1.52. The lowest BCUT2D eigenvalue weighted by molar-refractivity contribution is -0.497. The van der Waals surface area contributed by atoms with Crippen molar-refractivity contribution >= 4 is 23.0 Å². The molecule has 0 amide bonds. The van der Waals surface area contributed by atoms with E-state index in [-0.39, 0.29) is 16.9 Å². The lowest BCUT2D eigenvalue weighted by Crippen LogP contribution is -2.27.